The Morgan fingerprint density at radius 2 is 1.94 bits per heavy atom. The van der Waals surface area contributed by atoms with Crippen molar-refractivity contribution in [1.29, 1.82) is 0 Å². The summed E-state index contributed by atoms with van der Waals surface area (Å²) in [4.78, 5) is 38.7. The molecule has 2 unspecified atom stereocenters. The van der Waals surface area contributed by atoms with Crippen molar-refractivity contribution >= 4 is 28.9 Å². The molecule has 182 valence electrons. The summed E-state index contributed by atoms with van der Waals surface area (Å²) >= 11 is 1.53. The highest BCUT2D eigenvalue weighted by Crippen LogP contribution is 2.36. The summed E-state index contributed by atoms with van der Waals surface area (Å²) in [5.41, 5.74) is 1.13. The molecule has 0 radical (unpaired) electrons. The Hall–Kier alpha value is -3.14. The molecular weight excluding hydrogens is 474 g/mol. The van der Waals surface area contributed by atoms with Crippen LogP contribution in [0.2, 0.25) is 0 Å². The minimum atomic E-state index is -0.807. The van der Waals surface area contributed by atoms with Crippen LogP contribution in [0.15, 0.2) is 40.9 Å². The van der Waals surface area contributed by atoms with Crippen molar-refractivity contribution in [2.24, 2.45) is 11.1 Å². The van der Waals surface area contributed by atoms with E-state index in [4.69, 9.17) is 9.82 Å². The molecule has 1 aliphatic carbocycles. The number of hydrogen-bond donors (Lipinski definition) is 0. The number of likely N-dealkylation sites (tertiary alicyclic amines) is 2. The number of fused-ring (bicyclic) bond motifs is 2. The van der Waals surface area contributed by atoms with E-state index in [2.05, 4.69) is 5.16 Å². The molecule has 7 nitrogen and oxygen atoms in total. The lowest BCUT2D eigenvalue weighted by atomic mass is 9.97. The van der Waals surface area contributed by atoms with Gasteiger partial charge >= 0.3 is 0 Å². The van der Waals surface area contributed by atoms with Crippen molar-refractivity contribution in [2.45, 2.75) is 43.7 Å². The van der Waals surface area contributed by atoms with Crippen molar-refractivity contribution < 1.29 is 23.2 Å². The van der Waals surface area contributed by atoms with E-state index in [1.165, 1.54) is 29.5 Å². The minimum Gasteiger partial charge on any atom is -0.387 e. The molecular formula is C25H24F2N4O3S. The second-order valence-electron chi connectivity index (χ2n) is 9.46. The lowest BCUT2D eigenvalue weighted by Gasteiger charge is -2.33. The fraction of sp³-hybridized carbons (Fsp3) is 0.440. The largest absolute Gasteiger partial charge is 0.387 e. The van der Waals surface area contributed by atoms with Crippen molar-refractivity contribution in [1.82, 2.24) is 14.8 Å². The summed E-state index contributed by atoms with van der Waals surface area (Å²) in [5, 5.41) is 6.91. The summed E-state index contributed by atoms with van der Waals surface area (Å²) in [6, 6.07) is 3.81. The van der Waals surface area contributed by atoms with E-state index in [-0.39, 0.29) is 48.2 Å². The van der Waals surface area contributed by atoms with E-state index in [0.717, 1.165) is 24.3 Å². The Kier molecular flexibility index (Phi) is 5.63. The molecule has 10 heteroatoms. The Morgan fingerprint density at radius 1 is 1.17 bits per heavy atom. The lowest BCUT2D eigenvalue weighted by molar-refractivity contribution is -0.140. The minimum absolute atomic E-state index is 0.00135. The lowest BCUT2D eigenvalue weighted by Crippen LogP contribution is -2.46. The molecule has 3 atom stereocenters. The number of halogens is 2. The van der Waals surface area contributed by atoms with Gasteiger partial charge in [0.15, 0.2) is 6.10 Å². The fourth-order valence-corrected chi connectivity index (χ4v) is 6.40. The van der Waals surface area contributed by atoms with Gasteiger partial charge in [0.25, 0.3) is 0 Å². The van der Waals surface area contributed by atoms with Crippen molar-refractivity contribution in [3.63, 3.8) is 0 Å². The van der Waals surface area contributed by atoms with Crippen LogP contribution >= 0.6 is 11.3 Å². The van der Waals surface area contributed by atoms with Crippen LogP contribution in [0.4, 0.5) is 8.78 Å². The average molecular weight is 499 g/mol. The number of oxime groups is 1. The second kappa shape index (κ2) is 8.82. The highest BCUT2D eigenvalue weighted by molar-refractivity contribution is 7.10. The van der Waals surface area contributed by atoms with Gasteiger partial charge in [0, 0.05) is 30.8 Å². The van der Waals surface area contributed by atoms with Crippen molar-refractivity contribution in [3.05, 3.63) is 63.6 Å². The first-order valence-corrected chi connectivity index (χ1v) is 12.7. The van der Waals surface area contributed by atoms with Gasteiger partial charge in [0.05, 0.1) is 28.2 Å². The zero-order valence-electron chi connectivity index (χ0n) is 18.9. The Bertz CT molecular complexity index is 1220. The number of nitrogens with zero attached hydrogens (tertiary/aromatic N) is 4. The number of rotatable bonds is 5. The third kappa shape index (κ3) is 4.03. The summed E-state index contributed by atoms with van der Waals surface area (Å²) < 4.78 is 28.2. The van der Waals surface area contributed by atoms with Crippen LogP contribution in [0.5, 0.6) is 0 Å². The highest BCUT2D eigenvalue weighted by Gasteiger charge is 2.42. The van der Waals surface area contributed by atoms with E-state index in [9.17, 15) is 18.4 Å². The van der Waals surface area contributed by atoms with Gasteiger partial charge in [-0.1, -0.05) is 23.4 Å². The summed E-state index contributed by atoms with van der Waals surface area (Å²) in [7, 11) is 0. The third-order valence-electron chi connectivity index (χ3n) is 7.37. The van der Waals surface area contributed by atoms with Gasteiger partial charge < -0.3 is 14.6 Å². The molecule has 1 aromatic carbocycles. The zero-order valence-corrected chi connectivity index (χ0v) is 19.7. The fourth-order valence-electron chi connectivity index (χ4n) is 5.40. The first kappa shape index (κ1) is 22.3. The molecule has 1 aromatic heterocycles. The Labute approximate surface area is 205 Å². The molecule has 2 saturated heterocycles. The normalized spacial score (nSPS) is 25.9. The van der Waals surface area contributed by atoms with Crippen LogP contribution in [0.1, 0.15) is 54.0 Å². The van der Waals surface area contributed by atoms with E-state index in [1.807, 2.05) is 22.4 Å². The molecule has 2 amide bonds. The molecule has 2 bridgehead atoms. The number of hydrogen-bond acceptors (Lipinski definition) is 6. The molecule has 0 N–H and O–H groups in total. The zero-order chi connectivity index (χ0) is 24.1. The molecule has 0 spiro atoms. The number of piperidine rings is 1. The van der Waals surface area contributed by atoms with Crippen molar-refractivity contribution in [2.75, 3.05) is 19.6 Å². The number of carbonyl (C=O) groups is 2. The number of amides is 2. The number of benzene rings is 1. The van der Waals surface area contributed by atoms with Crippen molar-refractivity contribution in [3.8, 4) is 0 Å². The molecule has 4 heterocycles. The highest BCUT2D eigenvalue weighted by atomic mass is 32.1. The molecule has 35 heavy (non-hydrogen) atoms. The van der Waals surface area contributed by atoms with E-state index >= 15 is 0 Å². The van der Waals surface area contributed by atoms with Gasteiger partial charge in [0.1, 0.15) is 23.9 Å². The van der Waals surface area contributed by atoms with Crippen LogP contribution in [0.25, 0.3) is 0 Å². The predicted octanol–water partition coefficient (Wildman–Crippen LogP) is 3.78. The molecule has 6 rings (SSSR count). The second-order valence-corrected chi connectivity index (χ2v) is 10.3. The first-order valence-electron chi connectivity index (χ1n) is 11.9. The van der Waals surface area contributed by atoms with E-state index in [1.54, 1.807) is 4.90 Å². The third-order valence-corrected chi connectivity index (χ3v) is 8.38. The van der Waals surface area contributed by atoms with Gasteiger partial charge in [-0.2, -0.15) is 0 Å². The van der Waals surface area contributed by atoms with Gasteiger partial charge in [0.2, 0.25) is 11.8 Å². The van der Waals surface area contributed by atoms with Crippen LogP contribution in [0, 0.1) is 17.6 Å². The summed E-state index contributed by atoms with van der Waals surface area (Å²) in [5.74, 6) is -1.05. The van der Waals surface area contributed by atoms with Gasteiger partial charge in [-0.25, -0.2) is 13.8 Å². The Morgan fingerprint density at radius 3 is 2.66 bits per heavy atom. The molecule has 2 fully saturated rings. The Balaban J connectivity index is 1.04. The molecule has 0 saturated carbocycles. The maximum atomic E-state index is 14.1. The molecule has 3 aliphatic heterocycles. The smallest absolute Gasteiger partial charge is 0.242 e. The first-order chi connectivity index (χ1) is 17.0. The van der Waals surface area contributed by atoms with Crippen LogP contribution in [-0.4, -0.2) is 58.0 Å². The monoisotopic (exact) mass is 498 g/mol. The standard InChI is InChI=1S/C25H24F2N4O3S/c26-17-2-1-3-18(27)23(17)21-11-19(29-34-21)20-13-35-24(28-20)14-6-8-30(9-7-14)22(32)12-31-16-5-4-15(10-16)25(31)33/h1-5,13-16,21H,6-12H2/t15?,16?,21-/m0/s1. The van der Waals surface area contributed by atoms with E-state index in [0.29, 0.717) is 24.5 Å². The van der Waals surface area contributed by atoms with Gasteiger partial charge in [-0.3, -0.25) is 9.59 Å². The van der Waals surface area contributed by atoms with E-state index < -0.39 is 17.7 Å². The number of aromatic nitrogens is 1. The molecule has 2 aromatic rings. The SMILES string of the molecule is O=C(CN1C(=O)C2C=CC1C2)N1CCC(c2nc(C3=NO[C@H](c4c(F)cccc4F)C3)cs2)CC1. The number of carbonyl (C=O) groups excluding carboxylic acids is 2. The predicted molar refractivity (Wildman–Crippen MR) is 125 cm³/mol. The molecule has 4 aliphatic rings. The van der Waals surface area contributed by atoms with Gasteiger partial charge in [-0.05, 0) is 31.4 Å². The van der Waals surface area contributed by atoms with Crippen LogP contribution in [-0.2, 0) is 14.4 Å². The average Bonchev–Trinajstić information content (AvgIpc) is 3.65. The van der Waals surface area contributed by atoms with Crippen LogP contribution < -0.4 is 0 Å². The topological polar surface area (TPSA) is 75.1 Å². The maximum Gasteiger partial charge on any atom is 0.242 e. The summed E-state index contributed by atoms with van der Waals surface area (Å²) in [6.07, 6.45) is 5.81. The number of thiazole rings is 1. The quantitative estimate of drug-likeness (QED) is 0.588. The van der Waals surface area contributed by atoms with Crippen LogP contribution in [0.3, 0.4) is 0 Å². The maximum absolute atomic E-state index is 14.1. The summed E-state index contributed by atoms with van der Waals surface area (Å²) in [6.45, 7) is 1.41. The van der Waals surface area contributed by atoms with Gasteiger partial charge in [-0.15, -0.1) is 11.3 Å².